The Labute approximate surface area is 137 Å². The number of anilines is 1. The van der Waals surface area contributed by atoms with E-state index in [1.165, 1.54) is 17.4 Å². The Kier molecular flexibility index (Phi) is 5.44. The van der Waals surface area contributed by atoms with Crippen molar-refractivity contribution in [3.63, 3.8) is 0 Å². The van der Waals surface area contributed by atoms with Crippen molar-refractivity contribution in [3.8, 4) is 0 Å². The number of thiophene rings is 1. The maximum atomic E-state index is 12.8. The highest BCUT2D eigenvalue weighted by molar-refractivity contribution is 7.16. The lowest BCUT2D eigenvalue weighted by atomic mass is 10.1. The number of hydrogen-bond donors (Lipinski definition) is 1. The van der Waals surface area contributed by atoms with E-state index in [4.69, 9.17) is 4.74 Å². The Morgan fingerprint density at radius 3 is 2.65 bits per heavy atom. The first-order valence-corrected chi connectivity index (χ1v) is 8.01. The second-order valence-corrected chi connectivity index (χ2v) is 5.96. The van der Waals surface area contributed by atoms with Gasteiger partial charge in [0.2, 0.25) is 5.95 Å². The highest BCUT2D eigenvalue weighted by atomic mass is 32.1. The fourth-order valence-corrected chi connectivity index (χ4v) is 3.33. The van der Waals surface area contributed by atoms with E-state index in [1.807, 2.05) is 13.8 Å². The zero-order valence-corrected chi connectivity index (χ0v) is 13.9. The lowest BCUT2D eigenvalue weighted by molar-refractivity contribution is 0.0527. The molecule has 2 aromatic rings. The van der Waals surface area contributed by atoms with Crippen LogP contribution in [0.3, 0.4) is 0 Å². The molecule has 5 nitrogen and oxygen atoms in total. The molecule has 23 heavy (non-hydrogen) atoms. The van der Waals surface area contributed by atoms with Crippen LogP contribution >= 0.6 is 11.3 Å². The van der Waals surface area contributed by atoms with Crippen LogP contribution in [-0.4, -0.2) is 23.5 Å². The highest BCUT2D eigenvalue weighted by Gasteiger charge is 2.23. The normalized spacial score (nSPS) is 10.4. The predicted molar refractivity (Wildman–Crippen MR) is 86.5 cm³/mol. The summed E-state index contributed by atoms with van der Waals surface area (Å²) in [5.74, 6) is -1.57. The fraction of sp³-hybridized carbons (Fsp3) is 0.312. The van der Waals surface area contributed by atoms with Crippen molar-refractivity contribution in [2.45, 2.75) is 27.2 Å². The Balaban J connectivity index is 2.33. The van der Waals surface area contributed by atoms with Crippen molar-refractivity contribution in [2.24, 2.45) is 0 Å². The highest BCUT2D eigenvalue weighted by Crippen LogP contribution is 2.34. The molecule has 1 N–H and O–H groups in total. The summed E-state index contributed by atoms with van der Waals surface area (Å²) in [6.45, 7) is 5.81. The number of pyridine rings is 1. The zero-order valence-electron chi connectivity index (χ0n) is 13.1. The molecule has 0 unspecified atom stereocenters. The summed E-state index contributed by atoms with van der Waals surface area (Å²) in [6, 6.07) is 2.45. The summed E-state index contributed by atoms with van der Waals surface area (Å²) in [7, 11) is 0. The van der Waals surface area contributed by atoms with E-state index in [1.54, 1.807) is 6.92 Å². The largest absolute Gasteiger partial charge is 0.462 e. The van der Waals surface area contributed by atoms with Crippen LogP contribution in [0, 0.1) is 12.9 Å². The number of rotatable bonds is 5. The SMILES string of the molecule is CCOC(=O)c1c(NC(=O)c2ccc(F)nc2)sc(C)c1CC. The van der Waals surface area contributed by atoms with Crippen molar-refractivity contribution < 1.29 is 18.7 Å². The molecule has 7 heteroatoms. The molecule has 0 aliphatic carbocycles. The van der Waals surface area contributed by atoms with Gasteiger partial charge in [-0.1, -0.05) is 6.92 Å². The number of esters is 1. The van der Waals surface area contributed by atoms with Gasteiger partial charge >= 0.3 is 5.97 Å². The van der Waals surface area contributed by atoms with Gasteiger partial charge in [-0.2, -0.15) is 4.39 Å². The fourth-order valence-electron chi connectivity index (χ4n) is 2.20. The Morgan fingerprint density at radius 1 is 1.35 bits per heavy atom. The molecule has 0 spiro atoms. The summed E-state index contributed by atoms with van der Waals surface area (Å²) in [6.07, 6.45) is 1.81. The van der Waals surface area contributed by atoms with Gasteiger partial charge in [-0.15, -0.1) is 11.3 Å². The smallest absolute Gasteiger partial charge is 0.341 e. The molecule has 0 fully saturated rings. The number of carbonyl (C=O) groups excluding carboxylic acids is 2. The van der Waals surface area contributed by atoms with Crippen molar-refractivity contribution in [3.05, 3.63) is 45.8 Å². The predicted octanol–water partition coefficient (Wildman–Crippen LogP) is 3.58. The van der Waals surface area contributed by atoms with Gasteiger partial charge in [-0.3, -0.25) is 4.79 Å². The van der Waals surface area contributed by atoms with Crippen LogP contribution in [0.4, 0.5) is 9.39 Å². The monoisotopic (exact) mass is 336 g/mol. The summed E-state index contributed by atoms with van der Waals surface area (Å²) in [5, 5.41) is 3.13. The number of hydrogen-bond acceptors (Lipinski definition) is 5. The molecule has 0 saturated carbocycles. The van der Waals surface area contributed by atoms with Gasteiger partial charge in [-0.05, 0) is 38.0 Å². The van der Waals surface area contributed by atoms with E-state index in [-0.39, 0.29) is 12.2 Å². The van der Waals surface area contributed by atoms with E-state index in [0.717, 1.165) is 22.7 Å². The molecule has 2 aromatic heterocycles. The molecule has 0 bridgehead atoms. The number of ether oxygens (including phenoxy) is 1. The van der Waals surface area contributed by atoms with Crippen LogP contribution in [0.25, 0.3) is 0 Å². The van der Waals surface area contributed by atoms with Gasteiger partial charge in [0.05, 0.1) is 17.7 Å². The third-order valence-corrected chi connectivity index (χ3v) is 4.32. The number of nitrogens with one attached hydrogen (secondary N) is 1. The van der Waals surface area contributed by atoms with E-state index < -0.39 is 17.8 Å². The molecule has 0 atom stereocenters. The summed E-state index contributed by atoms with van der Waals surface area (Å²) >= 11 is 1.32. The van der Waals surface area contributed by atoms with Crippen LogP contribution in [0.2, 0.25) is 0 Å². The molecule has 1 amide bonds. The third kappa shape index (κ3) is 3.73. The molecule has 0 aromatic carbocycles. The summed E-state index contributed by atoms with van der Waals surface area (Å²) in [4.78, 5) is 28.8. The number of aromatic nitrogens is 1. The zero-order chi connectivity index (χ0) is 17.0. The summed E-state index contributed by atoms with van der Waals surface area (Å²) in [5.41, 5.74) is 1.46. The Bertz CT molecular complexity index is 726. The maximum Gasteiger partial charge on any atom is 0.341 e. The van der Waals surface area contributed by atoms with Crippen LogP contribution in [0.1, 0.15) is 45.0 Å². The number of carbonyl (C=O) groups is 2. The first kappa shape index (κ1) is 17.1. The maximum absolute atomic E-state index is 12.8. The number of amides is 1. The Hall–Kier alpha value is -2.28. The van der Waals surface area contributed by atoms with Gasteiger partial charge in [0.1, 0.15) is 5.00 Å². The number of nitrogens with zero attached hydrogens (tertiary/aromatic N) is 1. The minimum Gasteiger partial charge on any atom is -0.462 e. The molecule has 0 radical (unpaired) electrons. The topological polar surface area (TPSA) is 68.3 Å². The van der Waals surface area contributed by atoms with Gasteiger partial charge < -0.3 is 10.1 Å². The standard InChI is InChI=1S/C16H17FN2O3S/c1-4-11-9(3)23-15(13(11)16(21)22-5-2)19-14(20)10-6-7-12(17)18-8-10/h6-8H,4-5H2,1-3H3,(H,19,20). The van der Waals surface area contributed by atoms with E-state index in [9.17, 15) is 14.0 Å². The second kappa shape index (κ2) is 7.32. The molecule has 122 valence electrons. The molecule has 0 aliphatic rings. The van der Waals surface area contributed by atoms with Crippen molar-refractivity contribution in [2.75, 3.05) is 11.9 Å². The first-order chi connectivity index (χ1) is 11.0. The minimum atomic E-state index is -0.658. The van der Waals surface area contributed by atoms with Crippen LogP contribution in [0.5, 0.6) is 0 Å². The van der Waals surface area contributed by atoms with Crippen molar-refractivity contribution >= 4 is 28.2 Å². The molecule has 0 saturated heterocycles. The van der Waals surface area contributed by atoms with Gasteiger partial charge in [0, 0.05) is 11.1 Å². The van der Waals surface area contributed by atoms with Crippen LogP contribution in [0.15, 0.2) is 18.3 Å². The van der Waals surface area contributed by atoms with Gasteiger partial charge in [0.15, 0.2) is 0 Å². The lowest BCUT2D eigenvalue weighted by Crippen LogP contribution is -2.15. The molecule has 0 aliphatic heterocycles. The van der Waals surface area contributed by atoms with E-state index in [0.29, 0.717) is 17.0 Å². The van der Waals surface area contributed by atoms with E-state index in [2.05, 4.69) is 10.3 Å². The van der Waals surface area contributed by atoms with Crippen molar-refractivity contribution in [1.29, 1.82) is 0 Å². The van der Waals surface area contributed by atoms with Crippen LogP contribution in [-0.2, 0) is 11.2 Å². The average molecular weight is 336 g/mol. The number of halogens is 1. The average Bonchev–Trinajstić information content (AvgIpc) is 2.83. The molecule has 2 heterocycles. The summed E-state index contributed by atoms with van der Waals surface area (Å²) < 4.78 is 17.9. The van der Waals surface area contributed by atoms with Gasteiger partial charge in [-0.25, -0.2) is 9.78 Å². The third-order valence-electron chi connectivity index (χ3n) is 3.26. The molecular formula is C16H17FN2O3S. The second-order valence-electron chi connectivity index (χ2n) is 4.74. The number of aryl methyl sites for hydroxylation is 1. The quantitative estimate of drug-likeness (QED) is 0.669. The Morgan fingerprint density at radius 2 is 2.09 bits per heavy atom. The van der Waals surface area contributed by atoms with E-state index >= 15 is 0 Å². The molecular weight excluding hydrogens is 319 g/mol. The van der Waals surface area contributed by atoms with Crippen LogP contribution < -0.4 is 5.32 Å². The minimum absolute atomic E-state index is 0.213. The molecule has 2 rings (SSSR count). The first-order valence-electron chi connectivity index (χ1n) is 7.20. The van der Waals surface area contributed by atoms with Crippen molar-refractivity contribution in [1.82, 2.24) is 4.98 Å². The van der Waals surface area contributed by atoms with Gasteiger partial charge in [0.25, 0.3) is 5.91 Å². The lowest BCUT2D eigenvalue weighted by Gasteiger charge is -2.08.